The van der Waals surface area contributed by atoms with Crippen molar-refractivity contribution >= 4 is 23.4 Å². The molecule has 1 N–H and O–H groups in total. The summed E-state index contributed by atoms with van der Waals surface area (Å²) in [7, 11) is 0. The summed E-state index contributed by atoms with van der Waals surface area (Å²) < 4.78 is 18.4. The molecule has 6 nitrogen and oxygen atoms in total. The number of hydrogen-bond donors (Lipinski definition) is 1. The van der Waals surface area contributed by atoms with Gasteiger partial charge in [-0.25, -0.2) is 9.29 Å². The molecule has 7 heteroatoms. The average molecular weight is 418 g/mol. The van der Waals surface area contributed by atoms with E-state index < -0.39 is 17.7 Å². The largest absolute Gasteiger partial charge is 0.494 e. The van der Waals surface area contributed by atoms with Gasteiger partial charge in [-0.3, -0.25) is 14.4 Å². The van der Waals surface area contributed by atoms with Crippen LogP contribution in [0.15, 0.2) is 66.7 Å². The second-order valence-electron chi connectivity index (χ2n) is 6.94. The van der Waals surface area contributed by atoms with Crippen LogP contribution >= 0.6 is 0 Å². The van der Waals surface area contributed by atoms with Crippen molar-refractivity contribution in [3.63, 3.8) is 0 Å². The van der Waals surface area contributed by atoms with Gasteiger partial charge in [-0.2, -0.15) is 0 Å². The molecule has 31 heavy (non-hydrogen) atoms. The van der Waals surface area contributed by atoms with Crippen molar-refractivity contribution in [3.8, 4) is 5.75 Å². The van der Waals surface area contributed by atoms with Crippen LogP contribution in [-0.2, 0) is 6.54 Å². The molecule has 0 saturated carbocycles. The topological polar surface area (TPSA) is 75.7 Å². The van der Waals surface area contributed by atoms with E-state index in [1.54, 1.807) is 36.4 Å². The maximum absolute atomic E-state index is 13.0. The first kappa shape index (κ1) is 20.3. The molecular formula is C24H19FN2O4. The Labute approximate surface area is 178 Å². The molecule has 1 aliphatic rings. The number of anilines is 1. The molecular weight excluding hydrogens is 399 g/mol. The number of halogens is 1. The Hall–Kier alpha value is -4.00. The quantitative estimate of drug-likeness (QED) is 0.615. The highest BCUT2D eigenvalue weighted by Gasteiger charge is 2.37. The van der Waals surface area contributed by atoms with Crippen LogP contribution in [0, 0.1) is 5.82 Å². The van der Waals surface area contributed by atoms with Crippen molar-refractivity contribution in [3.05, 3.63) is 94.8 Å². The van der Waals surface area contributed by atoms with Gasteiger partial charge >= 0.3 is 0 Å². The van der Waals surface area contributed by atoms with Crippen molar-refractivity contribution in [2.45, 2.75) is 13.5 Å². The van der Waals surface area contributed by atoms with Crippen LogP contribution in [0.5, 0.6) is 5.75 Å². The molecule has 3 aromatic rings. The summed E-state index contributed by atoms with van der Waals surface area (Å²) in [6.45, 7) is 2.59. The zero-order valence-corrected chi connectivity index (χ0v) is 16.7. The second kappa shape index (κ2) is 8.39. The molecule has 0 spiro atoms. The summed E-state index contributed by atoms with van der Waals surface area (Å²) in [5.74, 6) is -1.04. The molecule has 0 saturated heterocycles. The van der Waals surface area contributed by atoms with E-state index in [4.69, 9.17) is 4.74 Å². The number of amides is 3. The van der Waals surface area contributed by atoms with Gasteiger partial charge in [-0.15, -0.1) is 0 Å². The maximum Gasteiger partial charge on any atom is 0.266 e. The first-order valence-electron chi connectivity index (χ1n) is 9.76. The fourth-order valence-corrected chi connectivity index (χ4v) is 3.36. The van der Waals surface area contributed by atoms with Gasteiger partial charge in [0.2, 0.25) is 0 Å². The Morgan fingerprint density at radius 1 is 0.935 bits per heavy atom. The van der Waals surface area contributed by atoms with Crippen LogP contribution in [0.25, 0.3) is 0 Å². The number of fused-ring (bicyclic) bond motifs is 1. The number of hydrogen-bond acceptors (Lipinski definition) is 4. The fourth-order valence-electron chi connectivity index (χ4n) is 3.36. The number of benzene rings is 3. The van der Waals surface area contributed by atoms with E-state index in [1.165, 1.54) is 30.3 Å². The van der Waals surface area contributed by atoms with E-state index in [1.807, 2.05) is 6.92 Å². The monoisotopic (exact) mass is 418 g/mol. The minimum atomic E-state index is -0.489. The van der Waals surface area contributed by atoms with Crippen LogP contribution in [0.4, 0.5) is 10.1 Å². The lowest BCUT2D eigenvalue weighted by molar-refractivity contribution is 0.0923. The summed E-state index contributed by atoms with van der Waals surface area (Å²) in [5.41, 5.74) is 1.85. The highest BCUT2D eigenvalue weighted by atomic mass is 19.1. The van der Waals surface area contributed by atoms with Gasteiger partial charge in [-0.1, -0.05) is 12.1 Å². The van der Waals surface area contributed by atoms with E-state index in [0.717, 1.165) is 10.5 Å². The highest BCUT2D eigenvalue weighted by molar-refractivity contribution is 6.34. The van der Waals surface area contributed by atoms with E-state index in [2.05, 4.69) is 5.32 Å². The van der Waals surface area contributed by atoms with Gasteiger partial charge in [0.15, 0.2) is 0 Å². The molecule has 0 fully saturated rings. The number of ether oxygens (including phenoxy) is 1. The smallest absolute Gasteiger partial charge is 0.266 e. The Morgan fingerprint density at radius 2 is 1.61 bits per heavy atom. The minimum absolute atomic E-state index is 0.174. The number of nitrogens with one attached hydrogen (secondary N) is 1. The highest BCUT2D eigenvalue weighted by Crippen LogP contribution is 2.30. The molecule has 1 heterocycles. The first-order chi connectivity index (χ1) is 15.0. The van der Waals surface area contributed by atoms with E-state index in [9.17, 15) is 18.8 Å². The minimum Gasteiger partial charge on any atom is -0.494 e. The van der Waals surface area contributed by atoms with Crippen LogP contribution in [0.3, 0.4) is 0 Å². The summed E-state index contributed by atoms with van der Waals surface area (Å²) >= 11 is 0. The number of nitrogens with zero attached hydrogens (tertiary/aromatic N) is 1. The van der Waals surface area contributed by atoms with E-state index >= 15 is 0 Å². The van der Waals surface area contributed by atoms with Crippen molar-refractivity contribution in [2.75, 3.05) is 11.5 Å². The lowest BCUT2D eigenvalue weighted by Crippen LogP contribution is -2.29. The van der Waals surface area contributed by atoms with Gasteiger partial charge in [0.25, 0.3) is 17.7 Å². The SMILES string of the molecule is CCOc1ccc(N2C(=O)c3ccc(C(=O)NCc4ccc(F)cc4)cc3C2=O)cc1. The lowest BCUT2D eigenvalue weighted by Gasteiger charge is -2.14. The molecule has 0 aliphatic carbocycles. The lowest BCUT2D eigenvalue weighted by atomic mass is 10.1. The van der Waals surface area contributed by atoms with Crippen molar-refractivity contribution < 1.29 is 23.5 Å². The molecule has 0 aromatic heterocycles. The molecule has 3 amide bonds. The van der Waals surface area contributed by atoms with Gasteiger partial charge in [0.1, 0.15) is 11.6 Å². The number of carbonyl (C=O) groups is 3. The molecule has 0 bridgehead atoms. The van der Waals surface area contributed by atoms with Crippen molar-refractivity contribution in [2.24, 2.45) is 0 Å². The van der Waals surface area contributed by atoms with Gasteiger partial charge in [-0.05, 0) is 67.1 Å². The fraction of sp³-hybridized carbons (Fsp3) is 0.125. The van der Waals surface area contributed by atoms with Gasteiger partial charge in [0, 0.05) is 12.1 Å². The Kier molecular flexibility index (Phi) is 5.49. The third kappa shape index (κ3) is 4.02. The number of rotatable bonds is 6. The third-order valence-electron chi connectivity index (χ3n) is 4.92. The van der Waals surface area contributed by atoms with Crippen molar-refractivity contribution in [1.29, 1.82) is 0 Å². The predicted molar refractivity (Wildman–Crippen MR) is 113 cm³/mol. The normalized spacial score (nSPS) is 12.6. The summed E-state index contributed by atoms with van der Waals surface area (Å²) in [6, 6.07) is 16.9. The maximum atomic E-state index is 13.0. The molecule has 3 aromatic carbocycles. The predicted octanol–water partition coefficient (Wildman–Crippen LogP) is 3.96. The molecule has 156 valence electrons. The average Bonchev–Trinajstić information content (AvgIpc) is 3.03. The second-order valence-corrected chi connectivity index (χ2v) is 6.94. The number of carbonyl (C=O) groups excluding carboxylic acids is 3. The van der Waals surface area contributed by atoms with Crippen LogP contribution in [-0.4, -0.2) is 24.3 Å². The molecule has 0 unspecified atom stereocenters. The van der Waals surface area contributed by atoms with E-state index in [0.29, 0.717) is 18.0 Å². The third-order valence-corrected chi connectivity index (χ3v) is 4.92. The standard InChI is InChI=1S/C24H19FN2O4/c1-2-31-19-10-8-18(9-11-19)27-23(29)20-12-5-16(13-21(20)24(27)30)22(28)26-14-15-3-6-17(25)7-4-15/h3-13H,2,14H2,1H3,(H,26,28). The van der Waals surface area contributed by atoms with E-state index in [-0.39, 0.29) is 29.1 Å². The van der Waals surface area contributed by atoms with Crippen LogP contribution in [0.2, 0.25) is 0 Å². The zero-order chi connectivity index (χ0) is 22.0. The zero-order valence-electron chi connectivity index (χ0n) is 16.7. The summed E-state index contributed by atoms with van der Waals surface area (Å²) in [6.07, 6.45) is 0. The molecule has 4 rings (SSSR count). The van der Waals surface area contributed by atoms with Gasteiger partial charge < -0.3 is 10.1 Å². The Balaban J connectivity index is 1.51. The van der Waals surface area contributed by atoms with Crippen molar-refractivity contribution in [1.82, 2.24) is 5.32 Å². The molecule has 0 atom stereocenters. The summed E-state index contributed by atoms with van der Waals surface area (Å²) in [5, 5.41) is 2.73. The van der Waals surface area contributed by atoms with Crippen LogP contribution in [0.1, 0.15) is 43.6 Å². The van der Waals surface area contributed by atoms with Crippen LogP contribution < -0.4 is 15.0 Å². The molecule has 0 radical (unpaired) electrons. The summed E-state index contributed by atoms with van der Waals surface area (Å²) in [4.78, 5) is 39.3. The first-order valence-corrected chi connectivity index (χ1v) is 9.76. The Morgan fingerprint density at radius 3 is 2.29 bits per heavy atom. The number of imide groups is 1. The Bertz CT molecular complexity index is 1160. The van der Waals surface area contributed by atoms with Gasteiger partial charge in [0.05, 0.1) is 23.4 Å². The molecule has 1 aliphatic heterocycles.